The van der Waals surface area contributed by atoms with Crippen LogP contribution in [0.1, 0.15) is 49.4 Å². The molecule has 1 N–H and O–H groups in total. The number of nitrogens with zero attached hydrogens (tertiary/aromatic N) is 3. The lowest BCUT2D eigenvalue weighted by Gasteiger charge is -2.24. The van der Waals surface area contributed by atoms with Gasteiger partial charge in [-0.3, -0.25) is 0 Å². The van der Waals surface area contributed by atoms with Gasteiger partial charge >= 0.3 is 6.03 Å². The predicted octanol–water partition coefficient (Wildman–Crippen LogP) is 4.12. The molecule has 27 heavy (non-hydrogen) atoms. The minimum Gasteiger partial charge on any atom is -0.424 e. The van der Waals surface area contributed by atoms with Crippen molar-refractivity contribution in [1.29, 1.82) is 0 Å². The van der Waals surface area contributed by atoms with E-state index >= 15 is 0 Å². The summed E-state index contributed by atoms with van der Waals surface area (Å²) in [6.07, 6.45) is 7.83. The van der Waals surface area contributed by atoms with Crippen molar-refractivity contribution in [3.05, 3.63) is 59.1 Å². The van der Waals surface area contributed by atoms with Crippen LogP contribution in [0.5, 0.6) is 0 Å². The molecular formula is C20H25FN4O2. The van der Waals surface area contributed by atoms with Crippen LogP contribution < -0.4 is 5.32 Å². The Morgan fingerprint density at radius 1 is 1.26 bits per heavy atom. The van der Waals surface area contributed by atoms with E-state index in [4.69, 9.17) is 4.42 Å². The SMILES string of the molecule is Cc1nnc(CNC(=O)N(CCC2=CCCCC2)Cc2ccc(F)cc2)o1. The summed E-state index contributed by atoms with van der Waals surface area (Å²) in [6, 6.07) is 6.03. The lowest BCUT2D eigenvalue weighted by atomic mass is 9.97. The third-order valence-electron chi connectivity index (χ3n) is 4.62. The number of aromatic nitrogens is 2. The van der Waals surface area contributed by atoms with Gasteiger partial charge in [0.1, 0.15) is 5.82 Å². The molecule has 7 heteroatoms. The molecule has 0 bridgehead atoms. The highest BCUT2D eigenvalue weighted by atomic mass is 19.1. The number of halogens is 1. The topological polar surface area (TPSA) is 71.3 Å². The van der Waals surface area contributed by atoms with Crippen LogP contribution in [-0.2, 0) is 13.1 Å². The summed E-state index contributed by atoms with van der Waals surface area (Å²) in [5.74, 6) is 0.554. The van der Waals surface area contributed by atoms with E-state index in [-0.39, 0.29) is 18.4 Å². The Kier molecular flexibility index (Phi) is 6.57. The van der Waals surface area contributed by atoms with E-state index in [0.29, 0.717) is 24.9 Å². The second-order valence-corrected chi connectivity index (χ2v) is 6.78. The highest BCUT2D eigenvalue weighted by Gasteiger charge is 2.16. The normalized spacial score (nSPS) is 13.9. The maximum absolute atomic E-state index is 13.2. The van der Waals surface area contributed by atoms with Gasteiger partial charge in [0.2, 0.25) is 11.8 Å². The first-order valence-corrected chi connectivity index (χ1v) is 9.34. The van der Waals surface area contributed by atoms with Crippen LogP contribution in [0, 0.1) is 12.7 Å². The number of nitrogens with one attached hydrogen (secondary N) is 1. The fourth-order valence-electron chi connectivity index (χ4n) is 3.14. The van der Waals surface area contributed by atoms with Crippen molar-refractivity contribution in [3.63, 3.8) is 0 Å². The minimum atomic E-state index is -0.283. The summed E-state index contributed by atoms with van der Waals surface area (Å²) in [5.41, 5.74) is 2.29. The van der Waals surface area contributed by atoms with Gasteiger partial charge < -0.3 is 14.6 Å². The maximum atomic E-state index is 13.2. The van der Waals surface area contributed by atoms with E-state index in [1.807, 2.05) is 0 Å². The number of hydrogen-bond donors (Lipinski definition) is 1. The van der Waals surface area contributed by atoms with Crippen LogP contribution in [0.15, 0.2) is 40.3 Å². The number of benzene rings is 1. The Morgan fingerprint density at radius 3 is 2.74 bits per heavy atom. The van der Waals surface area contributed by atoms with Gasteiger partial charge in [-0.1, -0.05) is 23.8 Å². The Hall–Kier alpha value is -2.70. The van der Waals surface area contributed by atoms with Gasteiger partial charge in [-0.25, -0.2) is 9.18 Å². The molecule has 1 aromatic heterocycles. The molecule has 2 aromatic rings. The molecule has 0 unspecified atom stereocenters. The Morgan fingerprint density at radius 2 is 2.07 bits per heavy atom. The average molecular weight is 372 g/mol. The van der Waals surface area contributed by atoms with Crippen molar-refractivity contribution in [2.24, 2.45) is 0 Å². The Balaban J connectivity index is 1.62. The molecule has 1 aliphatic carbocycles. The molecule has 1 aliphatic rings. The number of allylic oxidation sites excluding steroid dienone is 1. The molecule has 0 aliphatic heterocycles. The van der Waals surface area contributed by atoms with Crippen molar-refractivity contribution in [3.8, 4) is 0 Å². The molecule has 6 nitrogen and oxygen atoms in total. The summed E-state index contributed by atoms with van der Waals surface area (Å²) in [7, 11) is 0. The monoisotopic (exact) mass is 372 g/mol. The first-order valence-electron chi connectivity index (χ1n) is 9.34. The molecule has 0 saturated carbocycles. The van der Waals surface area contributed by atoms with Gasteiger partial charge in [-0.15, -0.1) is 10.2 Å². The van der Waals surface area contributed by atoms with Crippen LogP contribution in [-0.4, -0.2) is 27.7 Å². The molecule has 0 spiro atoms. The van der Waals surface area contributed by atoms with Crippen LogP contribution in [0.25, 0.3) is 0 Å². The third kappa shape index (κ3) is 5.91. The number of rotatable bonds is 7. The van der Waals surface area contributed by atoms with E-state index in [2.05, 4.69) is 21.6 Å². The Labute approximate surface area is 158 Å². The lowest BCUT2D eigenvalue weighted by Crippen LogP contribution is -2.40. The van der Waals surface area contributed by atoms with E-state index < -0.39 is 0 Å². The molecule has 0 atom stereocenters. The number of carbonyl (C=O) groups is 1. The Bertz CT molecular complexity index is 786. The first-order chi connectivity index (χ1) is 13.1. The van der Waals surface area contributed by atoms with Gasteiger partial charge in [0, 0.05) is 20.0 Å². The molecule has 144 valence electrons. The number of urea groups is 1. The van der Waals surface area contributed by atoms with Crippen molar-refractivity contribution in [1.82, 2.24) is 20.4 Å². The summed E-state index contributed by atoms with van der Waals surface area (Å²) in [5, 5.41) is 10.5. The summed E-state index contributed by atoms with van der Waals surface area (Å²) in [4.78, 5) is 14.4. The quantitative estimate of drug-likeness (QED) is 0.742. The van der Waals surface area contributed by atoms with Crippen LogP contribution in [0.4, 0.5) is 9.18 Å². The maximum Gasteiger partial charge on any atom is 0.318 e. The summed E-state index contributed by atoms with van der Waals surface area (Å²) in [6.45, 7) is 2.92. The van der Waals surface area contributed by atoms with Crippen molar-refractivity contribution in [2.45, 2.75) is 52.1 Å². The van der Waals surface area contributed by atoms with E-state index in [0.717, 1.165) is 24.8 Å². The highest BCUT2D eigenvalue weighted by Crippen LogP contribution is 2.21. The fraction of sp³-hybridized carbons (Fsp3) is 0.450. The summed E-state index contributed by atoms with van der Waals surface area (Å²) < 4.78 is 18.5. The van der Waals surface area contributed by atoms with Gasteiger partial charge in [0.05, 0.1) is 6.54 Å². The van der Waals surface area contributed by atoms with E-state index in [9.17, 15) is 9.18 Å². The van der Waals surface area contributed by atoms with Crippen molar-refractivity contribution < 1.29 is 13.6 Å². The number of aryl methyl sites for hydroxylation is 1. The largest absolute Gasteiger partial charge is 0.424 e. The zero-order chi connectivity index (χ0) is 19.1. The molecule has 0 radical (unpaired) electrons. The smallest absolute Gasteiger partial charge is 0.318 e. The van der Waals surface area contributed by atoms with E-state index in [1.54, 1.807) is 24.0 Å². The molecule has 0 fully saturated rings. The van der Waals surface area contributed by atoms with Gasteiger partial charge in [0.25, 0.3) is 0 Å². The first kappa shape index (κ1) is 19.1. The molecular weight excluding hydrogens is 347 g/mol. The molecule has 3 rings (SSSR count). The van der Waals surface area contributed by atoms with Crippen LogP contribution in [0.3, 0.4) is 0 Å². The lowest BCUT2D eigenvalue weighted by molar-refractivity contribution is 0.194. The average Bonchev–Trinajstić information content (AvgIpc) is 3.11. The second kappa shape index (κ2) is 9.30. The predicted molar refractivity (Wildman–Crippen MR) is 99.2 cm³/mol. The minimum absolute atomic E-state index is 0.183. The number of hydrogen-bond acceptors (Lipinski definition) is 4. The number of amides is 2. The van der Waals surface area contributed by atoms with E-state index in [1.165, 1.54) is 30.5 Å². The summed E-state index contributed by atoms with van der Waals surface area (Å²) >= 11 is 0. The molecule has 1 heterocycles. The number of carbonyl (C=O) groups excluding carboxylic acids is 1. The molecule has 2 amide bonds. The standard InChI is InChI=1S/C20H25FN4O2/c1-15-23-24-19(27-15)13-22-20(26)25(12-11-16-5-3-2-4-6-16)14-17-7-9-18(21)10-8-17/h5,7-10H,2-4,6,11-14H2,1H3,(H,22,26). The zero-order valence-electron chi connectivity index (χ0n) is 15.6. The molecule has 0 saturated heterocycles. The van der Waals surface area contributed by atoms with Crippen molar-refractivity contribution in [2.75, 3.05) is 6.54 Å². The van der Waals surface area contributed by atoms with Crippen molar-refractivity contribution >= 4 is 6.03 Å². The fourth-order valence-corrected chi connectivity index (χ4v) is 3.14. The third-order valence-corrected chi connectivity index (χ3v) is 4.62. The highest BCUT2D eigenvalue weighted by molar-refractivity contribution is 5.74. The molecule has 1 aromatic carbocycles. The zero-order valence-corrected chi connectivity index (χ0v) is 15.6. The van der Waals surface area contributed by atoms with Gasteiger partial charge in [-0.2, -0.15) is 0 Å². The van der Waals surface area contributed by atoms with Crippen LogP contribution >= 0.6 is 0 Å². The van der Waals surface area contributed by atoms with Crippen LogP contribution in [0.2, 0.25) is 0 Å². The van der Waals surface area contributed by atoms with Gasteiger partial charge in [0.15, 0.2) is 0 Å². The van der Waals surface area contributed by atoms with Gasteiger partial charge in [-0.05, 0) is 49.8 Å². The second-order valence-electron chi connectivity index (χ2n) is 6.78.